The van der Waals surface area contributed by atoms with E-state index in [4.69, 9.17) is 0 Å². The fourth-order valence-corrected chi connectivity index (χ4v) is 3.17. The van der Waals surface area contributed by atoms with E-state index in [9.17, 15) is 8.42 Å². The van der Waals surface area contributed by atoms with E-state index in [1.807, 2.05) is 13.0 Å². The average Bonchev–Trinajstić information content (AvgIpc) is 2.16. The molecule has 0 radical (unpaired) electrons. The molecule has 0 heterocycles. The predicted molar refractivity (Wildman–Crippen MR) is 68.0 cm³/mol. The highest BCUT2D eigenvalue weighted by atomic mass is 79.9. The van der Waals surface area contributed by atoms with Crippen LogP contribution in [0.2, 0.25) is 0 Å². The Morgan fingerprint density at radius 2 is 1.94 bits per heavy atom. The first-order valence-electron chi connectivity index (χ1n) is 4.87. The van der Waals surface area contributed by atoms with Gasteiger partial charge in [-0.25, -0.2) is 13.1 Å². The maximum Gasteiger partial charge on any atom is 0.240 e. The first kappa shape index (κ1) is 13.6. The van der Waals surface area contributed by atoms with E-state index < -0.39 is 10.0 Å². The van der Waals surface area contributed by atoms with Crippen molar-refractivity contribution in [1.29, 1.82) is 0 Å². The minimum atomic E-state index is -3.40. The van der Waals surface area contributed by atoms with Crippen LogP contribution >= 0.6 is 15.9 Å². The van der Waals surface area contributed by atoms with Crippen LogP contribution < -0.4 is 10.0 Å². The molecule has 0 atom stereocenters. The lowest BCUT2D eigenvalue weighted by molar-refractivity contribution is 0.579. The first-order chi connectivity index (χ1) is 7.45. The third-order valence-electron chi connectivity index (χ3n) is 1.99. The molecule has 90 valence electrons. The number of likely N-dealkylation sites (N-methyl/N-ethyl adjacent to an activating group) is 1. The Morgan fingerprint density at radius 3 is 2.50 bits per heavy atom. The second-order valence-corrected chi connectivity index (χ2v) is 6.15. The zero-order valence-electron chi connectivity index (χ0n) is 9.25. The summed E-state index contributed by atoms with van der Waals surface area (Å²) in [6.07, 6.45) is 0. The van der Waals surface area contributed by atoms with Gasteiger partial charge in [-0.15, -0.1) is 0 Å². The van der Waals surface area contributed by atoms with Gasteiger partial charge < -0.3 is 5.32 Å². The molecule has 16 heavy (non-hydrogen) atoms. The average molecular weight is 307 g/mol. The first-order valence-corrected chi connectivity index (χ1v) is 7.15. The number of rotatable bonds is 5. The Labute approximate surface area is 105 Å². The zero-order chi connectivity index (χ0) is 12.2. The number of nitrogens with one attached hydrogen (secondary N) is 2. The molecule has 2 N–H and O–H groups in total. The van der Waals surface area contributed by atoms with Gasteiger partial charge in [-0.05, 0) is 37.7 Å². The molecule has 0 fully saturated rings. The summed E-state index contributed by atoms with van der Waals surface area (Å²) in [6, 6.07) is 5.10. The molecule has 0 spiro atoms. The highest BCUT2D eigenvalue weighted by molar-refractivity contribution is 9.10. The number of aryl methyl sites for hydroxylation is 1. The number of hydrogen-bond donors (Lipinski definition) is 2. The zero-order valence-corrected chi connectivity index (χ0v) is 11.7. The van der Waals surface area contributed by atoms with E-state index in [1.165, 1.54) is 0 Å². The molecule has 0 aromatic heterocycles. The largest absolute Gasteiger partial charge is 0.318 e. The molecule has 0 aliphatic carbocycles. The summed E-state index contributed by atoms with van der Waals surface area (Å²) in [5, 5.41) is 2.88. The van der Waals surface area contributed by atoms with Crippen molar-refractivity contribution in [3.63, 3.8) is 0 Å². The lowest BCUT2D eigenvalue weighted by Gasteiger charge is -2.07. The predicted octanol–water partition coefficient (Wildman–Crippen LogP) is 1.26. The Balaban J connectivity index is 2.89. The molecule has 4 nitrogen and oxygen atoms in total. The Bertz CT molecular complexity index is 440. The molecule has 0 aliphatic rings. The van der Waals surface area contributed by atoms with Crippen LogP contribution in [0.1, 0.15) is 5.56 Å². The Morgan fingerprint density at radius 1 is 1.25 bits per heavy atom. The van der Waals surface area contributed by atoms with Gasteiger partial charge in [0.15, 0.2) is 0 Å². The maximum absolute atomic E-state index is 11.9. The number of benzene rings is 1. The Hall–Kier alpha value is -0.430. The van der Waals surface area contributed by atoms with Crippen LogP contribution in [0.4, 0.5) is 0 Å². The van der Waals surface area contributed by atoms with E-state index in [-0.39, 0.29) is 4.90 Å². The summed E-state index contributed by atoms with van der Waals surface area (Å²) in [6.45, 7) is 2.84. The number of halogens is 1. The van der Waals surface area contributed by atoms with Crippen LogP contribution in [-0.4, -0.2) is 28.6 Å². The van der Waals surface area contributed by atoms with Crippen LogP contribution in [0.25, 0.3) is 0 Å². The van der Waals surface area contributed by atoms with Crippen LogP contribution in [-0.2, 0) is 10.0 Å². The maximum atomic E-state index is 11.9. The molecular weight excluding hydrogens is 292 g/mol. The molecule has 0 saturated carbocycles. The quantitative estimate of drug-likeness (QED) is 0.805. The van der Waals surface area contributed by atoms with E-state index in [2.05, 4.69) is 26.0 Å². The molecule has 0 aliphatic heterocycles. The third-order valence-corrected chi connectivity index (χ3v) is 3.89. The van der Waals surface area contributed by atoms with Crippen molar-refractivity contribution in [2.24, 2.45) is 0 Å². The number of hydrogen-bond acceptors (Lipinski definition) is 3. The van der Waals surface area contributed by atoms with E-state index >= 15 is 0 Å². The van der Waals surface area contributed by atoms with Crippen molar-refractivity contribution in [2.75, 3.05) is 20.1 Å². The molecule has 6 heteroatoms. The van der Waals surface area contributed by atoms with E-state index in [1.54, 1.807) is 19.2 Å². The summed E-state index contributed by atoms with van der Waals surface area (Å²) in [5.41, 5.74) is 0.906. The molecular formula is C10H15BrN2O2S. The van der Waals surface area contributed by atoms with Gasteiger partial charge in [0.05, 0.1) is 4.90 Å². The monoisotopic (exact) mass is 306 g/mol. The highest BCUT2D eigenvalue weighted by Crippen LogP contribution is 2.18. The summed E-state index contributed by atoms with van der Waals surface area (Å²) in [7, 11) is -1.62. The van der Waals surface area contributed by atoms with Crippen LogP contribution in [0.5, 0.6) is 0 Å². The van der Waals surface area contributed by atoms with E-state index in [0.29, 0.717) is 13.1 Å². The smallest absolute Gasteiger partial charge is 0.240 e. The normalized spacial score (nSPS) is 11.7. The van der Waals surface area contributed by atoms with Crippen LogP contribution in [0.15, 0.2) is 27.6 Å². The SMILES string of the molecule is CNCCNS(=O)(=O)c1cc(C)cc(Br)c1. The molecule has 0 unspecified atom stereocenters. The number of sulfonamides is 1. The molecule has 0 bridgehead atoms. The lowest BCUT2D eigenvalue weighted by Crippen LogP contribution is -2.30. The summed E-state index contributed by atoms with van der Waals surface area (Å²) in [5.74, 6) is 0. The molecule has 1 aromatic rings. The Kier molecular flexibility index (Phi) is 4.91. The van der Waals surface area contributed by atoms with Gasteiger partial charge in [0, 0.05) is 17.6 Å². The van der Waals surface area contributed by atoms with Crippen LogP contribution in [0, 0.1) is 6.92 Å². The third kappa shape index (κ3) is 3.86. The minimum Gasteiger partial charge on any atom is -0.318 e. The fourth-order valence-electron chi connectivity index (χ4n) is 1.25. The van der Waals surface area contributed by atoms with Gasteiger partial charge in [-0.3, -0.25) is 0 Å². The molecule has 0 amide bonds. The van der Waals surface area contributed by atoms with Gasteiger partial charge in [0.2, 0.25) is 10.0 Å². The van der Waals surface area contributed by atoms with Gasteiger partial charge in [-0.1, -0.05) is 15.9 Å². The topological polar surface area (TPSA) is 58.2 Å². The lowest BCUT2D eigenvalue weighted by atomic mass is 10.2. The van der Waals surface area contributed by atoms with Gasteiger partial charge in [0.1, 0.15) is 0 Å². The molecule has 1 rings (SSSR count). The summed E-state index contributed by atoms with van der Waals surface area (Å²) in [4.78, 5) is 0.287. The minimum absolute atomic E-state index is 0.287. The fraction of sp³-hybridized carbons (Fsp3) is 0.400. The molecule has 0 saturated heterocycles. The summed E-state index contributed by atoms with van der Waals surface area (Å²) < 4.78 is 27.0. The van der Waals surface area contributed by atoms with Crippen molar-refractivity contribution < 1.29 is 8.42 Å². The van der Waals surface area contributed by atoms with E-state index in [0.717, 1.165) is 10.0 Å². The highest BCUT2D eigenvalue weighted by Gasteiger charge is 2.13. The van der Waals surface area contributed by atoms with Crippen molar-refractivity contribution in [3.05, 3.63) is 28.2 Å². The summed E-state index contributed by atoms with van der Waals surface area (Å²) >= 11 is 3.28. The van der Waals surface area contributed by atoms with Crippen molar-refractivity contribution in [1.82, 2.24) is 10.0 Å². The van der Waals surface area contributed by atoms with Gasteiger partial charge in [-0.2, -0.15) is 0 Å². The second-order valence-electron chi connectivity index (χ2n) is 3.47. The molecule has 1 aromatic carbocycles. The van der Waals surface area contributed by atoms with Crippen LogP contribution in [0.3, 0.4) is 0 Å². The van der Waals surface area contributed by atoms with Crippen molar-refractivity contribution in [2.45, 2.75) is 11.8 Å². The van der Waals surface area contributed by atoms with Gasteiger partial charge in [0.25, 0.3) is 0 Å². The van der Waals surface area contributed by atoms with Gasteiger partial charge >= 0.3 is 0 Å². The second kappa shape index (κ2) is 5.77. The van der Waals surface area contributed by atoms with Crippen molar-refractivity contribution >= 4 is 26.0 Å². The van der Waals surface area contributed by atoms with Crippen molar-refractivity contribution in [3.8, 4) is 0 Å². The standard InChI is InChI=1S/C10H15BrN2O2S/c1-8-5-9(11)7-10(6-8)16(14,15)13-4-3-12-2/h5-7,12-13H,3-4H2,1-2H3.